The van der Waals surface area contributed by atoms with Crippen molar-refractivity contribution < 1.29 is 30.1 Å². The number of rotatable bonds is 6. The van der Waals surface area contributed by atoms with E-state index in [1.807, 2.05) is 0 Å². The second-order valence-electron chi connectivity index (χ2n) is 6.12. The molecule has 0 aliphatic rings. The molecule has 0 spiro atoms. The second kappa shape index (κ2) is 7.54. The quantitative estimate of drug-likeness (QED) is 0.430. The molecule has 0 aliphatic heterocycles. The molecule has 0 unspecified atom stereocenters. The zero-order valence-corrected chi connectivity index (χ0v) is 17.0. The Morgan fingerprint density at radius 1 is 0.690 bits per heavy atom. The Balaban J connectivity index is 2.54. The summed E-state index contributed by atoms with van der Waals surface area (Å²) in [5.41, 5.74) is -5.63. The van der Waals surface area contributed by atoms with Gasteiger partial charge >= 0.3 is 167 Å². The van der Waals surface area contributed by atoms with Gasteiger partial charge in [0.1, 0.15) is 0 Å². The Labute approximate surface area is 167 Å². The van der Waals surface area contributed by atoms with Crippen LogP contribution in [0.3, 0.4) is 0 Å². The van der Waals surface area contributed by atoms with Crippen LogP contribution in [0.4, 0.5) is 13.2 Å². The van der Waals surface area contributed by atoms with Crippen molar-refractivity contribution in [3.8, 4) is 0 Å². The molecule has 0 fully saturated rings. The molecule has 0 heterocycles. The topological polar surface area (TPSA) is 52.6 Å². The van der Waals surface area contributed by atoms with Gasteiger partial charge in [0.15, 0.2) is 0 Å². The van der Waals surface area contributed by atoms with Gasteiger partial charge in [-0.3, -0.25) is 0 Å². The molecule has 0 N–H and O–H groups in total. The van der Waals surface area contributed by atoms with Crippen molar-refractivity contribution in [1.29, 1.82) is 0 Å². The van der Waals surface area contributed by atoms with Crippen LogP contribution < -0.4 is 15.9 Å². The molecule has 0 aromatic heterocycles. The fourth-order valence-electron chi connectivity index (χ4n) is 3.25. The van der Waals surface area contributed by atoms with Crippen LogP contribution in [0, 0.1) is 0 Å². The SMILES string of the molecule is COP(OS(=O)(=O)C(F)(F)F)(c1ccccc1)(c1ccccc1)c1ccccc1. The van der Waals surface area contributed by atoms with Crippen molar-refractivity contribution in [3.05, 3.63) is 91.0 Å². The normalized spacial score (nSPS) is 14.1. The summed E-state index contributed by atoms with van der Waals surface area (Å²) in [5.74, 6) is 0. The Hall–Kier alpha value is -2.25. The third kappa shape index (κ3) is 3.36. The van der Waals surface area contributed by atoms with Gasteiger partial charge in [0, 0.05) is 0 Å². The fourth-order valence-corrected chi connectivity index (χ4v) is 10.0. The van der Waals surface area contributed by atoms with E-state index in [4.69, 9.17) is 8.49 Å². The van der Waals surface area contributed by atoms with Crippen molar-refractivity contribution >= 4 is 33.1 Å². The summed E-state index contributed by atoms with van der Waals surface area (Å²) in [6.07, 6.45) is 0. The van der Waals surface area contributed by atoms with Crippen LogP contribution in [-0.4, -0.2) is 21.0 Å². The summed E-state index contributed by atoms with van der Waals surface area (Å²) in [6, 6.07) is 23.6. The van der Waals surface area contributed by atoms with Gasteiger partial charge in [0.2, 0.25) is 0 Å². The van der Waals surface area contributed by atoms with Crippen LogP contribution >= 0.6 is 7.06 Å². The minimum absolute atomic E-state index is 0.186. The summed E-state index contributed by atoms with van der Waals surface area (Å²) in [4.78, 5) is 0. The van der Waals surface area contributed by atoms with E-state index < -0.39 is 22.7 Å². The number of benzene rings is 3. The van der Waals surface area contributed by atoms with Crippen molar-refractivity contribution in [1.82, 2.24) is 0 Å². The molecule has 0 radical (unpaired) electrons. The molecule has 3 aromatic rings. The maximum absolute atomic E-state index is 13.5. The maximum atomic E-state index is 13.5. The number of hydrogen-bond acceptors (Lipinski definition) is 4. The molecule has 3 aromatic carbocycles. The first kappa shape index (κ1) is 21.5. The average Bonchev–Trinajstić information content (AvgIpc) is 2.73. The van der Waals surface area contributed by atoms with E-state index in [0.717, 1.165) is 7.11 Å². The minimum atomic E-state index is -6.04. The summed E-state index contributed by atoms with van der Waals surface area (Å²) in [6.45, 7) is 0. The first-order valence-electron chi connectivity index (χ1n) is 8.45. The Bertz CT molecular complexity index is 974. The van der Waals surface area contributed by atoms with Gasteiger partial charge in [-0.1, -0.05) is 0 Å². The van der Waals surface area contributed by atoms with Crippen LogP contribution in [0.5, 0.6) is 0 Å². The van der Waals surface area contributed by atoms with Gasteiger partial charge in [-0.15, -0.1) is 0 Å². The molecule has 0 aliphatic carbocycles. The van der Waals surface area contributed by atoms with Crippen LogP contribution in [-0.2, 0) is 18.6 Å². The van der Waals surface area contributed by atoms with Crippen molar-refractivity contribution in [2.75, 3.05) is 7.11 Å². The average molecular weight is 442 g/mol. The first-order chi connectivity index (χ1) is 13.7. The van der Waals surface area contributed by atoms with Crippen molar-refractivity contribution in [2.24, 2.45) is 0 Å². The van der Waals surface area contributed by atoms with Gasteiger partial charge in [0.25, 0.3) is 0 Å². The van der Waals surface area contributed by atoms with Gasteiger partial charge < -0.3 is 0 Å². The molecule has 0 amide bonds. The fraction of sp³-hybridized carbons (Fsp3) is 0.100. The monoisotopic (exact) mass is 442 g/mol. The second-order valence-corrected chi connectivity index (χ2v) is 11.9. The van der Waals surface area contributed by atoms with E-state index in [1.54, 1.807) is 54.6 Å². The Kier molecular flexibility index (Phi) is 5.58. The predicted molar refractivity (Wildman–Crippen MR) is 108 cm³/mol. The van der Waals surface area contributed by atoms with Gasteiger partial charge in [-0.05, 0) is 0 Å². The van der Waals surface area contributed by atoms with Crippen molar-refractivity contribution in [2.45, 2.75) is 5.51 Å². The summed E-state index contributed by atoms with van der Waals surface area (Å²) in [7, 11) is -9.89. The molecule has 0 saturated heterocycles. The summed E-state index contributed by atoms with van der Waals surface area (Å²) < 4.78 is 76.2. The van der Waals surface area contributed by atoms with Crippen LogP contribution in [0.1, 0.15) is 0 Å². The van der Waals surface area contributed by atoms with Gasteiger partial charge in [-0.25, -0.2) is 0 Å². The van der Waals surface area contributed by atoms with Crippen LogP contribution in [0.15, 0.2) is 91.0 Å². The molecule has 0 bridgehead atoms. The van der Waals surface area contributed by atoms with E-state index in [-0.39, 0.29) is 15.9 Å². The number of hydrogen-bond donors (Lipinski definition) is 0. The molecular weight excluding hydrogens is 424 g/mol. The van der Waals surface area contributed by atoms with Gasteiger partial charge in [-0.2, -0.15) is 0 Å². The first-order valence-corrected chi connectivity index (χ1v) is 11.9. The van der Waals surface area contributed by atoms with Crippen LogP contribution in [0.2, 0.25) is 0 Å². The Morgan fingerprint density at radius 2 is 1.00 bits per heavy atom. The molecule has 9 heteroatoms. The van der Waals surface area contributed by atoms with E-state index >= 15 is 0 Å². The summed E-state index contributed by atoms with van der Waals surface area (Å²) >= 11 is 0. The van der Waals surface area contributed by atoms with E-state index in [1.165, 1.54) is 36.4 Å². The zero-order valence-electron chi connectivity index (χ0n) is 15.3. The standard InChI is InChI=1S/C20H18F3O4PS/c1-26-28(17-11-5-2-6-12-17,18-13-7-3-8-14-18,19-15-9-4-10-16-19)27-29(24,25)20(21,22)23/h2-16H,1H3. The number of alkyl halides is 3. The third-order valence-corrected chi connectivity index (χ3v) is 11.4. The van der Waals surface area contributed by atoms with E-state index in [9.17, 15) is 21.6 Å². The number of halogens is 3. The van der Waals surface area contributed by atoms with E-state index in [0.29, 0.717) is 0 Å². The van der Waals surface area contributed by atoms with E-state index in [2.05, 4.69) is 0 Å². The molecular formula is C20H18F3O4PS. The molecule has 29 heavy (non-hydrogen) atoms. The summed E-state index contributed by atoms with van der Waals surface area (Å²) in [5, 5.41) is 0.559. The third-order valence-electron chi connectivity index (χ3n) is 4.55. The molecule has 3 rings (SSSR count). The Morgan fingerprint density at radius 3 is 1.24 bits per heavy atom. The molecule has 0 saturated carbocycles. The van der Waals surface area contributed by atoms with Crippen LogP contribution in [0.25, 0.3) is 0 Å². The zero-order chi connectivity index (χ0) is 21.2. The van der Waals surface area contributed by atoms with Gasteiger partial charge in [0.05, 0.1) is 0 Å². The molecule has 0 atom stereocenters. The predicted octanol–water partition coefficient (Wildman–Crippen LogP) is 3.86. The van der Waals surface area contributed by atoms with Crippen molar-refractivity contribution in [3.63, 3.8) is 0 Å². The molecule has 154 valence electrons. The molecule has 4 nitrogen and oxygen atoms in total.